The summed E-state index contributed by atoms with van der Waals surface area (Å²) in [6, 6.07) is 5.06. The van der Waals surface area contributed by atoms with E-state index >= 15 is 0 Å². The van der Waals surface area contributed by atoms with Crippen LogP contribution in [0.5, 0.6) is 0 Å². The molecule has 0 spiro atoms. The molecule has 0 aromatic heterocycles. The van der Waals surface area contributed by atoms with Gasteiger partial charge in [-0.25, -0.2) is 4.79 Å². The zero-order valence-corrected chi connectivity index (χ0v) is 13.2. The molecular formula is C17H23F3N2O. The molecule has 1 fully saturated rings. The summed E-state index contributed by atoms with van der Waals surface area (Å²) in [5, 5.41) is 5.76. The summed E-state index contributed by atoms with van der Waals surface area (Å²) < 4.78 is 37.4. The molecule has 0 radical (unpaired) electrons. The normalized spacial score (nSPS) is 21.7. The van der Waals surface area contributed by atoms with Crippen LogP contribution < -0.4 is 10.6 Å². The lowest BCUT2D eigenvalue weighted by molar-refractivity contribution is -0.137. The maximum atomic E-state index is 12.5. The number of rotatable bonds is 4. The van der Waals surface area contributed by atoms with Crippen LogP contribution in [0.4, 0.5) is 18.0 Å². The van der Waals surface area contributed by atoms with Gasteiger partial charge < -0.3 is 10.6 Å². The van der Waals surface area contributed by atoms with Gasteiger partial charge in [0, 0.05) is 12.6 Å². The van der Waals surface area contributed by atoms with Crippen LogP contribution in [0.3, 0.4) is 0 Å². The molecule has 3 nitrogen and oxygen atoms in total. The van der Waals surface area contributed by atoms with Crippen LogP contribution in [0.1, 0.15) is 43.7 Å². The van der Waals surface area contributed by atoms with E-state index in [0.29, 0.717) is 18.9 Å². The van der Waals surface area contributed by atoms with E-state index in [1.54, 1.807) is 0 Å². The van der Waals surface area contributed by atoms with Crippen LogP contribution in [0.15, 0.2) is 24.3 Å². The smallest absolute Gasteiger partial charge is 0.338 e. The highest BCUT2D eigenvalue weighted by Crippen LogP contribution is 2.29. The highest BCUT2D eigenvalue weighted by Gasteiger charge is 2.29. The van der Waals surface area contributed by atoms with Crippen LogP contribution in [0.2, 0.25) is 0 Å². The first-order valence-corrected chi connectivity index (χ1v) is 8.07. The number of amides is 2. The van der Waals surface area contributed by atoms with E-state index in [4.69, 9.17) is 0 Å². The van der Waals surface area contributed by atoms with Gasteiger partial charge in [0.1, 0.15) is 0 Å². The van der Waals surface area contributed by atoms with Crippen LogP contribution in [-0.2, 0) is 12.6 Å². The number of halogens is 3. The Morgan fingerprint density at radius 3 is 2.43 bits per heavy atom. The first kappa shape index (κ1) is 17.6. The first-order valence-electron chi connectivity index (χ1n) is 8.07. The molecule has 1 aliphatic rings. The van der Waals surface area contributed by atoms with Crippen molar-refractivity contribution in [3.8, 4) is 0 Å². The maximum absolute atomic E-state index is 12.5. The lowest BCUT2D eigenvalue weighted by atomic mass is 9.86. The maximum Gasteiger partial charge on any atom is 0.416 e. The SMILES string of the molecule is CC1CCCCC1NC(=O)NCCc1ccc(C(F)(F)F)cc1. The molecule has 128 valence electrons. The van der Waals surface area contributed by atoms with E-state index < -0.39 is 11.7 Å². The van der Waals surface area contributed by atoms with Crippen molar-refractivity contribution in [1.29, 1.82) is 0 Å². The fourth-order valence-corrected chi connectivity index (χ4v) is 2.93. The predicted octanol–water partition coefficient (Wildman–Crippen LogP) is 4.13. The van der Waals surface area contributed by atoms with Crippen LogP contribution in [0.25, 0.3) is 0 Å². The lowest BCUT2D eigenvalue weighted by Gasteiger charge is -2.29. The molecular weight excluding hydrogens is 305 g/mol. The van der Waals surface area contributed by atoms with Crippen molar-refractivity contribution in [3.05, 3.63) is 35.4 Å². The second-order valence-corrected chi connectivity index (χ2v) is 6.21. The number of hydrogen-bond donors (Lipinski definition) is 2. The van der Waals surface area contributed by atoms with Crippen molar-refractivity contribution >= 4 is 6.03 Å². The van der Waals surface area contributed by atoms with Crippen LogP contribution >= 0.6 is 0 Å². The highest BCUT2D eigenvalue weighted by molar-refractivity contribution is 5.74. The van der Waals surface area contributed by atoms with Gasteiger partial charge in [0.2, 0.25) is 0 Å². The van der Waals surface area contributed by atoms with E-state index in [-0.39, 0.29) is 12.1 Å². The number of benzene rings is 1. The van der Waals surface area contributed by atoms with E-state index in [0.717, 1.165) is 37.0 Å². The second-order valence-electron chi connectivity index (χ2n) is 6.21. The summed E-state index contributed by atoms with van der Waals surface area (Å²) in [7, 11) is 0. The predicted molar refractivity (Wildman–Crippen MR) is 83.1 cm³/mol. The fraction of sp³-hybridized carbons (Fsp3) is 0.588. The largest absolute Gasteiger partial charge is 0.416 e. The van der Waals surface area contributed by atoms with Crippen molar-refractivity contribution in [1.82, 2.24) is 10.6 Å². The summed E-state index contributed by atoms with van der Waals surface area (Å²) in [4.78, 5) is 11.9. The Morgan fingerprint density at radius 2 is 1.83 bits per heavy atom. The third-order valence-electron chi connectivity index (χ3n) is 4.41. The third-order valence-corrected chi connectivity index (χ3v) is 4.41. The topological polar surface area (TPSA) is 41.1 Å². The Kier molecular flexibility index (Phi) is 5.91. The standard InChI is InChI=1S/C17H23F3N2O/c1-12-4-2-3-5-15(12)22-16(23)21-11-10-13-6-8-14(9-7-13)17(18,19)20/h6-9,12,15H,2-5,10-11H2,1H3,(H2,21,22,23). The van der Waals surface area contributed by atoms with Crippen LogP contribution in [-0.4, -0.2) is 18.6 Å². The van der Waals surface area contributed by atoms with E-state index in [1.165, 1.54) is 18.6 Å². The summed E-state index contributed by atoms with van der Waals surface area (Å²) in [6.45, 7) is 2.55. The molecule has 0 aliphatic heterocycles. The zero-order chi connectivity index (χ0) is 16.9. The Hall–Kier alpha value is -1.72. The first-order chi connectivity index (χ1) is 10.9. The molecule has 2 rings (SSSR count). The number of carbonyl (C=O) groups excluding carboxylic acids is 1. The van der Waals surface area contributed by atoms with Gasteiger partial charge in [-0.1, -0.05) is 31.9 Å². The molecule has 23 heavy (non-hydrogen) atoms. The van der Waals surface area contributed by atoms with E-state index in [2.05, 4.69) is 17.6 Å². The number of hydrogen-bond acceptors (Lipinski definition) is 1. The molecule has 0 bridgehead atoms. The van der Waals surface area contributed by atoms with Crippen molar-refractivity contribution in [2.75, 3.05) is 6.54 Å². The summed E-state index contributed by atoms with van der Waals surface area (Å²) >= 11 is 0. The van der Waals surface area contributed by atoms with Gasteiger partial charge in [0.25, 0.3) is 0 Å². The quantitative estimate of drug-likeness (QED) is 0.857. The van der Waals surface area contributed by atoms with Gasteiger partial charge >= 0.3 is 12.2 Å². The van der Waals surface area contributed by atoms with Gasteiger partial charge in [0.15, 0.2) is 0 Å². The molecule has 1 aromatic carbocycles. The Morgan fingerprint density at radius 1 is 1.17 bits per heavy atom. The summed E-state index contributed by atoms with van der Waals surface area (Å²) in [5.74, 6) is 0.490. The van der Waals surface area contributed by atoms with Gasteiger partial charge in [-0.05, 0) is 42.9 Å². The van der Waals surface area contributed by atoms with Crippen molar-refractivity contribution < 1.29 is 18.0 Å². The monoisotopic (exact) mass is 328 g/mol. The van der Waals surface area contributed by atoms with Crippen molar-refractivity contribution in [2.24, 2.45) is 5.92 Å². The molecule has 0 saturated heterocycles. The Balaban J connectivity index is 1.73. The average molecular weight is 328 g/mol. The molecule has 1 aliphatic carbocycles. The number of alkyl halides is 3. The average Bonchev–Trinajstić information content (AvgIpc) is 2.49. The molecule has 2 N–H and O–H groups in total. The van der Waals surface area contributed by atoms with Gasteiger partial charge in [-0.3, -0.25) is 0 Å². The lowest BCUT2D eigenvalue weighted by Crippen LogP contribution is -2.46. The van der Waals surface area contributed by atoms with Gasteiger partial charge in [0.05, 0.1) is 5.56 Å². The number of urea groups is 1. The molecule has 0 heterocycles. The fourth-order valence-electron chi connectivity index (χ4n) is 2.93. The van der Waals surface area contributed by atoms with Crippen LogP contribution in [0, 0.1) is 5.92 Å². The molecule has 2 amide bonds. The van der Waals surface area contributed by atoms with Gasteiger partial charge in [-0.15, -0.1) is 0 Å². The number of carbonyl (C=O) groups is 1. The minimum atomic E-state index is -4.31. The van der Waals surface area contributed by atoms with E-state index in [9.17, 15) is 18.0 Å². The molecule has 2 unspecified atom stereocenters. The highest BCUT2D eigenvalue weighted by atomic mass is 19.4. The molecule has 1 aromatic rings. The zero-order valence-electron chi connectivity index (χ0n) is 13.2. The minimum absolute atomic E-state index is 0.198. The van der Waals surface area contributed by atoms with Crippen molar-refractivity contribution in [3.63, 3.8) is 0 Å². The summed E-state index contributed by atoms with van der Waals surface area (Å²) in [5.41, 5.74) is 0.113. The van der Waals surface area contributed by atoms with E-state index in [1.807, 2.05) is 0 Å². The molecule has 1 saturated carbocycles. The second kappa shape index (κ2) is 7.70. The van der Waals surface area contributed by atoms with Gasteiger partial charge in [-0.2, -0.15) is 13.2 Å². The van der Waals surface area contributed by atoms with Crippen molar-refractivity contribution in [2.45, 2.75) is 51.2 Å². The summed E-state index contributed by atoms with van der Waals surface area (Å²) in [6.07, 6.45) is 0.693. The molecule has 2 atom stereocenters. The Labute approximate surface area is 134 Å². The number of nitrogens with one attached hydrogen (secondary N) is 2. The Bertz CT molecular complexity index is 514. The minimum Gasteiger partial charge on any atom is -0.338 e. The molecule has 6 heteroatoms. The third kappa shape index (κ3) is 5.44.